The van der Waals surface area contributed by atoms with Gasteiger partial charge in [-0.25, -0.2) is 0 Å². The molecule has 0 saturated carbocycles. The number of anilines is 1. The van der Waals surface area contributed by atoms with Gasteiger partial charge >= 0.3 is 0 Å². The smallest absolute Gasteiger partial charge is 0.234 e. The quantitative estimate of drug-likeness (QED) is 0.226. The summed E-state index contributed by atoms with van der Waals surface area (Å²) in [6.45, 7) is 9.61. The summed E-state index contributed by atoms with van der Waals surface area (Å²) in [6.07, 6.45) is 6.65. The Morgan fingerprint density at radius 1 is 0.974 bits per heavy atom. The summed E-state index contributed by atoms with van der Waals surface area (Å²) < 4.78 is 8.23. The zero-order valence-electron chi connectivity index (χ0n) is 23.5. The maximum Gasteiger partial charge on any atom is 0.234 e. The molecule has 1 unspecified atom stereocenters. The number of amides is 1. The number of fused-ring (bicyclic) bond motifs is 1. The normalized spacial score (nSPS) is 14.9. The van der Waals surface area contributed by atoms with Crippen LogP contribution in [0.4, 0.5) is 5.69 Å². The van der Waals surface area contributed by atoms with Gasteiger partial charge in [-0.05, 0) is 79.5 Å². The van der Waals surface area contributed by atoms with E-state index in [2.05, 4.69) is 81.5 Å². The molecule has 5 heteroatoms. The van der Waals surface area contributed by atoms with E-state index in [9.17, 15) is 4.79 Å². The Kier molecular flexibility index (Phi) is 8.16. The van der Waals surface area contributed by atoms with Gasteiger partial charge in [0.25, 0.3) is 0 Å². The third kappa shape index (κ3) is 6.08. The number of hydrogen-bond donors (Lipinski definition) is 0. The van der Waals surface area contributed by atoms with Gasteiger partial charge in [0.2, 0.25) is 5.91 Å². The van der Waals surface area contributed by atoms with Gasteiger partial charge in [-0.3, -0.25) is 9.48 Å². The highest BCUT2D eigenvalue weighted by molar-refractivity contribution is 5.98. The molecule has 1 aliphatic carbocycles. The third-order valence-electron chi connectivity index (χ3n) is 7.66. The summed E-state index contributed by atoms with van der Waals surface area (Å²) in [7, 11) is 0. The molecule has 4 aromatic rings. The molecule has 0 aliphatic heterocycles. The first-order valence-electron chi connectivity index (χ1n) is 14.1. The highest BCUT2D eigenvalue weighted by Crippen LogP contribution is 2.39. The lowest BCUT2D eigenvalue weighted by atomic mass is 9.81. The molecule has 1 aromatic heterocycles. The molecule has 1 atom stereocenters. The molecule has 1 heterocycles. The molecule has 0 radical (unpaired) electrons. The SMILES string of the molecule is CC(C)c1ccc(N(Cc2cnn(C(C)C)c2)C(=O)C2CCCc3c(OCc4ccccc4)cccc32)cc1. The van der Waals surface area contributed by atoms with Gasteiger partial charge in [-0.1, -0.05) is 68.4 Å². The van der Waals surface area contributed by atoms with Crippen LogP contribution in [0.5, 0.6) is 5.75 Å². The molecule has 0 N–H and O–H groups in total. The Labute approximate surface area is 232 Å². The minimum atomic E-state index is -0.209. The average molecular weight is 522 g/mol. The minimum absolute atomic E-state index is 0.130. The Hall–Kier alpha value is -3.86. The van der Waals surface area contributed by atoms with E-state index in [-0.39, 0.29) is 17.9 Å². The molecular weight excluding hydrogens is 482 g/mol. The number of hydrogen-bond acceptors (Lipinski definition) is 3. The van der Waals surface area contributed by atoms with Crippen LogP contribution in [-0.4, -0.2) is 15.7 Å². The number of benzene rings is 3. The van der Waals surface area contributed by atoms with Crippen molar-refractivity contribution in [2.75, 3.05) is 4.90 Å². The summed E-state index contributed by atoms with van der Waals surface area (Å²) in [5, 5.41) is 4.53. The fourth-order valence-electron chi connectivity index (χ4n) is 5.39. The van der Waals surface area contributed by atoms with Gasteiger partial charge in [0.1, 0.15) is 12.4 Å². The fraction of sp³-hybridized carbons (Fsp3) is 0.353. The maximum atomic E-state index is 14.4. The first-order valence-corrected chi connectivity index (χ1v) is 14.1. The van der Waals surface area contributed by atoms with Crippen molar-refractivity contribution in [1.82, 2.24) is 9.78 Å². The van der Waals surface area contributed by atoms with Gasteiger partial charge in [0.15, 0.2) is 0 Å². The van der Waals surface area contributed by atoms with Crippen molar-refractivity contribution in [3.05, 3.63) is 113 Å². The molecule has 5 rings (SSSR count). The predicted molar refractivity (Wildman–Crippen MR) is 157 cm³/mol. The van der Waals surface area contributed by atoms with Gasteiger partial charge < -0.3 is 9.64 Å². The Morgan fingerprint density at radius 2 is 1.74 bits per heavy atom. The largest absolute Gasteiger partial charge is 0.489 e. The second-order valence-electron chi connectivity index (χ2n) is 11.1. The molecule has 5 nitrogen and oxygen atoms in total. The fourth-order valence-corrected chi connectivity index (χ4v) is 5.39. The van der Waals surface area contributed by atoms with Crippen molar-refractivity contribution in [1.29, 1.82) is 0 Å². The number of rotatable bonds is 9. The van der Waals surface area contributed by atoms with E-state index >= 15 is 0 Å². The topological polar surface area (TPSA) is 47.4 Å². The van der Waals surface area contributed by atoms with Crippen molar-refractivity contribution >= 4 is 11.6 Å². The van der Waals surface area contributed by atoms with E-state index in [4.69, 9.17) is 4.74 Å². The molecule has 1 amide bonds. The number of carbonyl (C=O) groups excluding carboxylic acids is 1. The Bertz CT molecular complexity index is 1390. The average Bonchev–Trinajstić information content (AvgIpc) is 3.44. The minimum Gasteiger partial charge on any atom is -0.489 e. The lowest BCUT2D eigenvalue weighted by Crippen LogP contribution is -2.36. The molecule has 0 spiro atoms. The van der Waals surface area contributed by atoms with Crippen LogP contribution in [0.25, 0.3) is 0 Å². The van der Waals surface area contributed by atoms with Gasteiger partial charge in [0, 0.05) is 23.5 Å². The molecule has 0 fully saturated rings. The monoisotopic (exact) mass is 521 g/mol. The molecule has 1 aliphatic rings. The van der Waals surface area contributed by atoms with Crippen LogP contribution in [0, 0.1) is 0 Å². The number of carbonyl (C=O) groups is 1. The van der Waals surface area contributed by atoms with Crippen LogP contribution >= 0.6 is 0 Å². The predicted octanol–water partition coefficient (Wildman–Crippen LogP) is 7.82. The third-order valence-corrected chi connectivity index (χ3v) is 7.66. The summed E-state index contributed by atoms with van der Waals surface area (Å²) in [5.41, 5.74) is 6.61. The van der Waals surface area contributed by atoms with Crippen molar-refractivity contribution in [3.8, 4) is 5.75 Å². The summed E-state index contributed by atoms with van der Waals surface area (Å²) in [5.74, 6) is 1.25. The summed E-state index contributed by atoms with van der Waals surface area (Å²) in [4.78, 5) is 16.3. The van der Waals surface area contributed by atoms with Crippen molar-refractivity contribution in [2.45, 2.75) is 78.0 Å². The molecule has 0 bridgehead atoms. The van der Waals surface area contributed by atoms with Crippen molar-refractivity contribution in [3.63, 3.8) is 0 Å². The van der Waals surface area contributed by atoms with Gasteiger partial charge in [-0.2, -0.15) is 5.10 Å². The second kappa shape index (κ2) is 11.9. The van der Waals surface area contributed by atoms with E-state index in [0.29, 0.717) is 19.1 Å². The van der Waals surface area contributed by atoms with E-state index < -0.39 is 0 Å². The van der Waals surface area contributed by atoms with E-state index in [1.807, 2.05) is 46.1 Å². The number of nitrogens with zero attached hydrogens (tertiary/aromatic N) is 3. The molecule has 39 heavy (non-hydrogen) atoms. The van der Waals surface area contributed by atoms with Crippen LogP contribution in [0.3, 0.4) is 0 Å². The molecule has 3 aromatic carbocycles. The van der Waals surface area contributed by atoms with Crippen LogP contribution in [0.15, 0.2) is 85.2 Å². The van der Waals surface area contributed by atoms with Crippen LogP contribution in [0.1, 0.15) is 86.2 Å². The summed E-state index contributed by atoms with van der Waals surface area (Å²) in [6, 6.07) is 25.1. The number of aromatic nitrogens is 2. The Morgan fingerprint density at radius 3 is 2.44 bits per heavy atom. The van der Waals surface area contributed by atoms with E-state index in [1.165, 1.54) is 11.1 Å². The standard InChI is InChI=1S/C34H39N3O2/c1-24(2)28-16-18-29(19-17-28)36(21-27-20-35-37(22-27)25(3)4)34(38)32-14-8-13-31-30(32)12-9-15-33(31)39-23-26-10-6-5-7-11-26/h5-7,9-12,15-20,22,24-25,32H,8,13-14,21,23H2,1-4H3. The van der Waals surface area contributed by atoms with Crippen LogP contribution in [0.2, 0.25) is 0 Å². The Balaban J connectivity index is 1.45. The molecule has 0 saturated heterocycles. The summed E-state index contributed by atoms with van der Waals surface area (Å²) >= 11 is 0. The van der Waals surface area contributed by atoms with Gasteiger partial charge in [0.05, 0.1) is 18.7 Å². The second-order valence-corrected chi connectivity index (χ2v) is 11.1. The maximum absolute atomic E-state index is 14.4. The van der Waals surface area contributed by atoms with Crippen LogP contribution < -0.4 is 9.64 Å². The van der Waals surface area contributed by atoms with Crippen molar-refractivity contribution < 1.29 is 9.53 Å². The first kappa shape index (κ1) is 26.7. The van der Waals surface area contributed by atoms with E-state index in [1.54, 1.807) is 0 Å². The zero-order valence-corrected chi connectivity index (χ0v) is 23.5. The lowest BCUT2D eigenvalue weighted by Gasteiger charge is -2.32. The highest BCUT2D eigenvalue weighted by atomic mass is 16.5. The molecule has 202 valence electrons. The van der Waals surface area contributed by atoms with Gasteiger partial charge in [-0.15, -0.1) is 0 Å². The highest BCUT2D eigenvalue weighted by Gasteiger charge is 2.32. The zero-order chi connectivity index (χ0) is 27.4. The first-order chi connectivity index (χ1) is 18.9. The van der Waals surface area contributed by atoms with Crippen molar-refractivity contribution in [2.24, 2.45) is 0 Å². The number of ether oxygens (including phenoxy) is 1. The lowest BCUT2D eigenvalue weighted by molar-refractivity contribution is -0.120. The molecular formula is C34H39N3O2. The van der Waals surface area contributed by atoms with Crippen LogP contribution in [-0.2, 0) is 24.4 Å². The van der Waals surface area contributed by atoms with E-state index in [0.717, 1.165) is 47.4 Å².